The lowest BCUT2D eigenvalue weighted by atomic mass is 9.97. The molecule has 5 rings (SSSR count). The van der Waals surface area contributed by atoms with E-state index in [2.05, 4.69) is 5.16 Å². The van der Waals surface area contributed by atoms with Gasteiger partial charge in [0.2, 0.25) is 0 Å². The highest BCUT2D eigenvalue weighted by Crippen LogP contribution is 2.42. The van der Waals surface area contributed by atoms with Crippen molar-refractivity contribution in [1.29, 1.82) is 0 Å². The Balaban J connectivity index is 1.40. The van der Waals surface area contributed by atoms with Gasteiger partial charge in [-0.1, -0.05) is 41.0 Å². The van der Waals surface area contributed by atoms with Gasteiger partial charge in [-0.25, -0.2) is 0 Å². The van der Waals surface area contributed by atoms with Crippen LogP contribution in [0, 0.1) is 0 Å². The monoisotopic (exact) mass is 450 g/mol. The van der Waals surface area contributed by atoms with E-state index in [1.54, 1.807) is 12.0 Å². The van der Waals surface area contributed by atoms with E-state index < -0.39 is 11.7 Å². The number of ether oxygens (including phenoxy) is 2. The molecular weight excluding hydrogens is 433 g/mol. The zero-order valence-corrected chi connectivity index (χ0v) is 17.2. The first-order valence-electron chi connectivity index (χ1n) is 9.74. The highest BCUT2D eigenvalue weighted by molar-refractivity contribution is 6.32. The van der Waals surface area contributed by atoms with Crippen molar-refractivity contribution in [3.63, 3.8) is 0 Å². The number of nitrogens with zero attached hydrogens (tertiary/aromatic N) is 2. The molecule has 0 bridgehead atoms. The molecule has 9 heteroatoms. The topological polar surface area (TPSA) is 51.0 Å². The second-order valence-electron chi connectivity index (χ2n) is 7.51. The maximum absolute atomic E-state index is 13.5. The molecule has 2 aromatic carbocycles. The lowest BCUT2D eigenvalue weighted by Crippen LogP contribution is -2.29. The summed E-state index contributed by atoms with van der Waals surface area (Å²) in [5, 5.41) is 4.53. The van der Waals surface area contributed by atoms with Gasteiger partial charge in [0, 0.05) is 25.2 Å². The highest BCUT2D eigenvalue weighted by atomic mass is 35.5. The van der Waals surface area contributed by atoms with E-state index in [9.17, 15) is 13.2 Å². The minimum atomic E-state index is -4.49. The number of fused-ring (bicyclic) bond motifs is 1. The van der Waals surface area contributed by atoms with Gasteiger partial charge >= 0.3 is 6.18 Å². The fourth-order valence-corrected chi connectivity index (χ4v) is 4.33. The third kappa shape index (κ3) is 3.69. The molecule has 2 aliphatic rings. The van der Waals surface area contributed by atoms with Crippen LogP contribution in [0.3, 0.4) is 0 Å². The van der Waals surface area contributed by atoms with E-state index in [0.717, 1.165) is 22.8 Å². The maximum Gasteiger partial charge on any atom is 0.417 e. The Morgan fingerprint density at radius 2 is 2.06 bits per heavy atom. The van der Waals surface area contributed by atoms with Gasteiger partial charge in [-0.05, 0) is 41.3 Å². The summed E-state index contributed by atoms with van der Waals surface area (Å²) in [5.74, 6) is 0.205. The van der Waals surface area contributed by atoms with Crippen LogP contribution >= 0.6 is 11.6 Å². The second-order valence-corrected chi connectivity index (χ2v) is 7.92. The van der Waals surface area contributed by atoms with Crippen molar-refractivity contribution < 1.29 is 27.2 Å². The zero-order chi connectivity index (χ0) is 21.8. The Labute approximate surface area is 181 Å². The number of epoxide rings is 1. The minimum absolute atomic E-state index is 0.00799. The molecule has 2 aliphatic heterocycles. The van der Waals surface area contributed by atoms with Crippen LogP contribution in [0.5, 0.6) is 0 Å². The van der Waals surface area contributed by atoms with Gasteiger partial charge in [0.15, 0.2) is 17.7 Å². The summed E-state index contributed by atoms with van der Waals surface area (Å²) < 4.78 is 56.2. The molecule has 5 nitrogen and oxygen atoms in total. The molecule has 1 fully saturated rings. The van der Waals surface area contributed by atoms with Gasteiger partial charge < -0.3 is 18.9 Å². The summed E-state index contributed by atoms with van der Waals surface area (Å²) in [6, 6.07) is 9.63. The van der Waals surface area contributed by atoms with Crippen molar-refractivity contribution in [2.75, 3.05) is 25.1 Å². The third-order valence-corrected chi connectivity index (χ3v) is 5.96. The van der Waals surface area contributed by atoms with Crippen molar-refractivity contribution in [3.05, 3.63) is 64.2 Å². The molecule has 2 unspecified atom stereocenters. The van der Waals surface area contributed by atoms with E-state index in [0.29, 0.717) is 24.5 Å². The lowest BCUT2D eigenvalue weighted by molar-refractivity contribution is -0.136. The predicted octanol–water partition coefficient (Wildman–Crippen LogP) is 5.84. The van der Waals surface area contributed by atoms with E-state index >= 15 is 0 Å². The molecule has 3 heterocycles. The Morgan fingerprint density at radius 1 is 1.23 bits per heavy atom. The average molecular weight is 451 g/mol. The van der Waals surface area contributed by atoms with E-state index in [4.69, 9.17) is 25.6 Å². The summed E-state index contributed by atoms with van der Waals surface area (Å²) in [4.78, 5) is 1.79. The van der Waals surface area contributed by atoms with E-state index in [-0.39, 0.29) is 29.2 Å². The summed E-state index contributed by atoms with van der Waals surface area (Å²) in [6.45, 7) is 0.897. The number of aromatic nitrogens is 1. The lowest BCUT2D eigenvalue weighted by Gasteiger charge is -2.27. The minimum Gasteiger partial charge on any atom is -0.354 e. The molecule has 0 radical (unpaired) electrons. The number of halogens is 4. The SMILES string of the molecule is COC1OC1c1ccc(C2=CCN(c3noc4cccc(C(F)(F)F)c34)CC2)c(Cl)c1. The fraction of sp³-hybridized carbons (Fsp3) is 0.318. The molecule has 162 valence electrons. The Bertz CT molecular complexity index is 1170. The number of benzene rings is 2. The van der Waals surface area contributed by atoms with Crippen molar-refractivity contribution in [1.82, 2.24) is 5.16 Å². The normalized spacial score (nSPS) is 21.5. The van der Waals surface area contributed by atoms with Crippen LogP contribution in [-0.2, 0) is 15.7 Å². The predicted molar refractivity (Wildman–Crippen MR) is 110 cm³/mol. The van der Waals surface area contributed by atoms with Crippen LogP contribution in [0.2, 0.25) is 5.02 Å². The molecular formula is C22H18ClF3N2O3. The average Bonchev–Trinajstić information content (AvgIpc) is 3.43. The van der Waals surface area contributed by atoms with E-state index in [1.165, 1.54) is 12.1 Å². The van der Waals surface area contributed by atoms with Crippen molar-refractivity contribution in [2.45, 2.75) is 25.0 Å². The number of rotatable bonds is 4. The molecule has 2 atom stereocenters. The van der Waals surface area contributed by atoms with Crippen LogP contribution in [0.25, 0.3) is 16.5 Å². The smallest absolute Gasteiger partial charge is 0.354 e. The summed E-state index contributed by atoms with van der Waals surface area (Å²) >= 11 is 6.51. The second kappa shape index (κ2) is 7.55. The van der Waals surface area contributed by atoms with Crippen molar-refractivity contribution in [3.8, 4) is 0 Å². The molecule has 1 aromatic heterocycles. The third-order valence-electron chi connectivity index (χ3n) is 5.65. The van der Waals surface area contributed by atoms with Gasteiger partial charge in [-0.3, -0.25) is 0 Å². The number of methoxy groups -OCH3 is 1. The van der Waals surface area contributed by atoms with Gasteiger partial charge in [0.05, 0.1) is 10.9 Å². The zero-order valence-electron chi connectivity index (χ0n) is 16.4. The summed E-state index contributed by atoms with van der Waals surface area (Å²) in [5.41, 5.74) is 2.27. The highest BCUT2D eigenvalue weighted by Gasteiger charge is 2.41. The molecule has 0 N–H and O–H groups in total. The van der Waals surface area contributed by atoms with Gasteiger partial charge in [-0.2, -0.15) is 13.2 Å². The number of hydrogen-bond donors (Lipinski definition) is 0. The van der Waals surface area contributed by atoms with Crippen LogP contribution in [0.4, 0.5) is 19.0 Å². The number of hydrogen-bond acceptors (Lipinski definition) is 5. The van der Waals surface area contributed by atoms with Gasteiger partial charge in [0.25, 0.3) is 0 Å². The number of alkyl halides is 3. The molecule has 0 aliphatic carbocycles. The van der Waals surface area contributed by atoms with Crippen LogP contribution in [0.15, 0.2) is 47.0 Å². The molecule has 31 heavy (non-hydrogen) atoms. The van der Waals surface area contributed by atoms with Crippen LogP contribution in [0.1, 0.15) is 29.2 Å². The number of anilines is 1. The first-order valence-corrected chi connectivity index (χ1v) is 10.1. The first kappa shape index (κ1) is 20.4. The largest absolute Gasteiger partial charge is 0.417 e. The molecule has 0 spiro atoms. The Kier molecular flexibility index (Phi) is 4.96. The molecule has 3 aromatic rings. The molecule has 1 saturated heterocycles. The maximum atomic E-state index is 13.5. The quantitative estimate of drug-likeness (QED) is 0.467. The Morgan fingerprint density at radius 3 is 2.71 bits per heavy atom. The van der Waals surface area contributed by atoms with Crippen molar-refractivity contribution in [2.24, 2.45) is 0 Å². The van der Waals surface area contributed by atoms with Gasteiger partial charge in [0.1, 0.15) is 6.10 Å². The first-order chi connectivity index (χ1) is 14.9. The van der Waals surface area contributed by atoms with Crippen LogP contribution in [-0.4, -0.2) is 31.6 Å². The van der Waals surface area contributed by atoms with E-state index in [1.807, 2.05) is 24.3 Å². The molecule has 0 amide bonds. The van der Waals surface area contributed by atoms with Crippen molar-refractivity contribution >= 4 is 34.0 Å². The molecule has 0 saturated carbocycles. The summed E-state index contributed by atoms with van der Waals surface area (Å²) in [6.07, 6.45) is -2.24. The van der Waals surface area contributed by atoms with Crippen LogP contribution < -0.4 is 4.90 Å². The Hall–Kier alpha value is -2.55. The standard InChI is InChI=1S/C22H18ClF3N2O3/c1-29-21-19(30-21)13-5-6-14(16(23)11-13)12-7-9-28(10-8-12)20-18-15(22(24,25)26)3-2-4-17(18)31-27-20/h2-7,11,19,21H,8-10H2,1H3. The fourth-order valence-electron chi connectivity index (χ4n) is 4.02. The van der Waals surface area contributed by atoms with Gasteiger partial charge in [-0.15, -0.1) is 0 Å². The summed E-state index contributed by atoms with van der Waals surface area (Å²) in [7, 11) is 1.59.